The molecule has 1 fully saturated rings. The lowest BCUT2D eigenvalue weighted by Crippen LogP contribution is -2.39. The molecule has 2 rings (SSSR count). The molecule has 0 radical (unpaired) electrons. The van der Waals surface area contributed by atoms with Crippen LogP contribution in [0.1, 0.15) is 55.5 Å². The molecule has 3 amide bonds. The van der Waals surface area contributed by atoms with Gasteiger partial charge in [0.25, 0.3) is 5.91 Å². The van der Waals surface area contributed by atoms with Crippen LogP contribution in [-0.2, 0) is 6.54 Å². The lowest BCUT2D eigenvalue weighted by Gasteiger charge is -2.12. The molecule has 0 unspecified atom stereocenters. The van der Waals surface area contributed by atoms with E-state index in [1.54, 1.807) is 0 Å². The second-order valence-electron chi connectivity index (χ2n) is 6.13. The molecule has 0 saturated heterocycles. The third-order valence-corrected chi connectivity index (χ3v) is 3.78. The summed E-state index contributed by atoms with van der Waals surface area (Å²) < 4.78 is 0. The first kappa shape index (κ1) is 16.3. The third-order valence-electron chi connectivity index (χ3n) is 3.78. The summed E-state index contributed by atoms with van der Waals surface area (Å²) in [5.74, 6) is -0.0102. The van der Waals surface area contributed by atoms with Crippen LogP contribution in [0.3, 0.4) is 0 Å². The number of carbonyl (C=O) groups is 2. The predicted octanol–water partition coefficient (Wildman–Crippen LogP) is 2.57. The molecule has 1 aromatic carbocycles. The lowest BCUT2D eigenvalue weighted by atomic mass is 10.1. The molecule has 0 aliphatic heterocycles. The van der Waals surface area contributed by atoms with Crippen LogP contribution >= 0.6 is 0 Å². The fourth-order valence-electron chi connectivity index (χ4n) is 2.61. The number of nitrogens with one attached hydrogen (secondary N) is 3. The Morgan fingerprint density at radius 3 is 2.36 bits per heavy atom. The van der Waals surface area contributed by atoms with Gasteiger partial charge in [0, 0.05) is 24.2 Å². The average Bonchev–Trinajstić information content (AvgIpc) is 2.98. The monoisotopic (exact) mass is 303 g/mol. The largest absolute Gasteiger partial charge is 0.349 e. The van der Waals surface area contributed by atoms with Gasteiger partial charge in [0.05, 0.1) is 0 Å². The maximum Gasteiger partial charge on any atom is 0.315 e. The number of carbonyl (C=O) groups excluding carboxylic acids is 2. The molecular formula is C17H25N3O2. The zero-order valence-electron chi connectivity index (χ0n) is 13.3. The Morgan fingerprint density at radius 2 is 1.77 bits per heavy atom. The number of hydrogen-bond acceptors (Lipinski definition) is 2. The summed E-state index contributed by atoms with van der Waals surface area (Å²) >= 11 is 0. The van der Waals surface area contributed by atoms with Crippen LogP contribution in [0.4, 0.5) is 4.79 Å². The molecule has 0 heterocycles. The van der Waals surface area contributed by atoms with E-state index in [0.717, 1.165) is 18.4 Å². The summed E-state index contributed by atoms with van der Waals surface area (Å²) in [5.41, 5.74) is 1.64. The Labute approximate surface area is 131 Å². The van der Waals surface area contributed by atoms with E-state index in [-0.39, 0.29) is 18.0 Å². The quantitative estimate of drug-likeness (QED) is 0.782. The number of urea groups is 1. The molecule has 1 aliphatic rings. The van der Waals surface area contributed by atoms with E-state index in [1.807, 2.05) is 38.1 Å². The normalized spacial score (nSPS) is 14.9. The molecule has 1 aromatic rings. The summed E-state index contributed by atoms with van der Waals surface area (Å²) in [6, 6.07) is 7.62. The van der Waals surface area contributed by atoms with E-state index in [9.17, 15) is 9.59 Å². The highest BCUT2D eigenvalue weighted by molar-refractivity contribution is 5.94. The summed E-state index contributed by atoms with van der Waals surface area (Å²) in [5, 5.41) is 8.62. The van der Waals surface area contributed by atoms with Gasteiger partial charge in [-0.1, -0.05) is 25.0 Å². The molecule has 0 aromatic heterocycles. The first-order valence-corrected chi connectivity index (χ1v) is 7.99. The molecule has 3 N–H and O–H groups in total. The van der Waals surface area contributed by atoms with Crippen molar-refractivity contribution in [1.29, 1.82) is 0 Å². The van der Waals surface area contributed by atoms with Gasteiger partial charge in [-0.3, -0.25) is 4.79 Å². The molecule has 1 aliphatic carbocycles. The molecule has 5 nitrogen and oxygen atoms in total. The van der Waals surface area contributed by atoms with Crippen molar-refractivity contribution in [3.63, 3.8) is 0 Å². The minimum Gasteiger partial charge on any atom is -0.349 e. The molecular weight excluding hydrogens is 278 g/mol. The summed E-state index contributed by atoms with van der Waals surface area (Å²) in [7, 11) is 0. The fraction of sp³-hybridized carbons (Fsp3) is 0.529. The zero-order valence-corrected chi connectivity index (χ0v) is 13.3. The van der Waals surface area contributed by atoms with Gasteiger partial charge < -0.3 is 16.0 Å². The highest BCUT2D eigenvalue weighted by Gasteiger charge is 2.17. The number of hydrogen-bond donors (Lipinski definition) is 3. The van der Waals surface area contributed by atoms with Gasteiger partial charge in [-0.2, -0.15) is 0 Å². The number of rotatable bonds is 5. The van der Waals surface area contributed by atoms with Gasteiger partial charge in [-0.15, -0.1) is 0 Å². The van der Waals surface area contributed by atoms with Crippen LogP contribution in [0.15, 0.2) is 24.3 Å². The topological polar surface area (TPSA) is 70.2 Å². The number of benzene rings is 1. The Hall–Kier alpha value is -2.04. The predicted molar refractivity (Wildman–Crippen MR) is 86.7 cm³/mol. The van der Waals surface area contributed by atoms with Gasteiger partial charge in [-0.05, 0) is 44.4 Å². The van der Waals surface area contributed by atoms with E-state index < -0.39 is 0 Å². The van der Waals surface area contributed by atoms with E-state index in [0.29, 0.717) is 18.2 Å². The van der Waals surface area contributed by atoms with Gasteiger partial charge >= 0.3 is 6.03 Å². The molecule has 1 saturated carbocycles. The smallest absolute Gasteiger partial charge is 0.315 e. The first-order valence-electron chi connectivity index (χ1n) is 7.99. The molecule has 0 atom stereocenters. The maximum atomic E-state index is 12.1. The van der Waals surface area contributed by atoms with E-state index in [1.165, 1.54) is 12.8 Å². The van der Waals surface area contributed by atoms with Gasteiger partial charge in [0.2, 0.25) is 0 Å². The van der Waals surface area contributed by atoms with E-state index in [4.69, 9.17) is 0 Å². The van der Waals surface area contributed by atoms with Crippen LogP contribution in [0, 0.1) is 0 Å². The SMILES string of the molecule is CC(C)NC(=O)NCc1ccc(C(=O)NC2CCCC2)cc1. The summed E-state index contributed by atoms with van der Waals surface area (Å²) in [6.45, 7) is 4.28. The van der Waals surface area contributed by atoms with Crippen LogP contribution in [0.2, 0.25) is 0 Å². The standard InChI is InChI=1S/C17H25N3O2/c1-12(2)19-17(22)18-11-13-7-9-14(10-8-13)16(21)20-15-5-3-4-6-15/h7-10,12,15H,3-6,11H2,1-2H3,(H,20,21)(H2,18,19,22). The summed E-state index contributed by atoms with van der Waals surface area (Å²) in [4.78, 5) is 23.6. The Bertz CT molecular complexity index is 505. The van der Waals surface area contributed by atoms with Crippen molar-refractivity contribution in [2.75, 3.05) is 0 Å². The van der Waals surface area contributed by atoms with Gasteiger partial charge in [0.15, 0.2) is 0 Å². The Morgan fingerprint density at radius 1 is 1.14 bits per heavy atom. The van der Waals surface area contributed by atoms with Crippen LogP contribution in [0.5, 0.6) is 0 Å². The first-order chi connectivity index (χ1) is 10.5. The minimum absolute atomic E-state index is 0.0102. The van der Waals surface area contributed by atoms with Crippen molar-refractivity contribution in [3.8, 4) is 0 Å². The third kappa shape index (κ3) is 5.06. The maximum absolute atomic E-state index is 12.1. The van der Waals surface area contributed by atoms with Crippen molar-refractivity contribution in [2.24, 2.45) is 0 Å². The number of amides is 3. The molecule has 5 heteroatoms. The Balaban J connectivity index is 1.81. The van der Waals surface area contributed by atoms with Crippen LogP contribution in [0.25, 0.3) is 0 Å². The second kappa shape index (κ2) is 7.82. The van der Waals surface area contributed by atoms with Crippen LogP contribution in [-0.4, -0.2) is 24.0 Å². The molecule has 120 valence electrons. The molecule has 0 spiro atoms. The highest BCUT2D eigenvalue weighted by atomic mass is 16.2. The zero-order chi connectivity index (χ0) is 15.9. The highest BCUT2D eigenvalue weighted by Crippen LogP contribution is 2.18. The van der Waals surface area contributed by atoms with E-state index >= 15 is 0 Å². The van der Waals surface area contributed by atoms with Crippen molar-refractivity contribution < 1.29 is 9.59 Å². The average molecular weight is 303 g/mol. The Kier molecular flexibility index (Phi) is 5.81. The summed E-state index contributed by atoms with van der Waals surface area (Å²) in [6.07, 6.45) is 4.57. The van der Waals surface area contributed by atoms with Crippen molar-refractivity contribution in [2.45, 2.75) is 58.2 Å². The van der Waals surface area contributed by atoms with Crippen molar-refractivity contribution in [3.05, 3.63) is 35.4 Å². The molecule has 0 bridgehead atoms. The molecule has 22 heavy (non-hydrogen) atoms. The fourth-order valence-corrected chi connectivity index (χ4v) is 2.61. The van der Waals surface area contributed by atoms with Crippen LogP contribution < -0.4 is 16.0 Å². The van der Waals surface area contributed by atoms with Crippen molar-refractivity contribution >= 4 is 11.9 Å². The van der Waals surface area contributed by atoms with Gasteiger partial charge in [0.1, 0.15) is 0 Å². The van der Waals surface area contributed by atoms with Gasteiger partial charge in [-0.25, -0.2) is 4.79 Å². The van der Waals surface area contributed by atoms with E-state index in [2.05, 4.69) is 16.0 Å². The minimum atomic E-state index is -0.182. The second-order valence-corrected chi connectivity index (χ2v) is 6.13. The van der Waals surface area contributed by atoms with Crippen molar-refractivity contribution in [1.82, 2.24) is 16.0 Å². The lowest BCUT2D eigenvalue weighted by molar-refractivity contribution is 0.0938.